The molecule has 1 aromatic carbocycles. The molecular weight excluding hydrogens is 200 g/mol. The van der Waals surface area contributed by atoms with E-state index in [1.54, 1.807) is 7.11 Å². The van der Waals surface area contributed by atoms with E-state index < -0.39 is 6.10 Å². The van der Waals surface area contributed by atoms with Gasteiger partial charge < -0.3 is 9.84 Å². The summed E-state index contributed by atoms with van der Waals surface area (Å²) in [4.78, 5) is 0. The van der Waals surface area contributed by atoms with Gasteiger partial charge in [0.1, 0.15) is 6.10 Å². The van der Waals surface area contributed by atoms with Gasteiger partial charge in [-0.25, -0.2) is 0 Å². The molecule has 0 radical (unpaired) electrons. The van der Waals surface area contributed by atoms with Gasteiger partial charge in [0.25, 0.3) is 0 Å². The number of aryl methyl sites for hydroxylation is 2. The molecule has 0 saturated carbocycles. The molecule has 0 aliphatic heterocycles. The van der Waals surface area contributed by atoms with Gasteiger partial charge in [0, 0.05) is 7.11 Å². The number of ether oxygens (including phenoxy) is 1. The Morgan fingerprint density at radius 3 is 2.44 bits per heavy atom. The van der Waals surface area contributed by atoms with Gasteiger partial charge in [-0.05, 0) is 37.0 Å². The summed E-state index contributed by atoms with van der Waals surface area (Å²) >= 11 is 0. The molecule has 0 spiro atoms. The Labute approximate surface area is 98.3 Å². The van der Waals surface area contributed by atoms with Crippen molar-refractivity contribution in [2.75, 3.05) is 7.11 Å². The summed E-state index contributed by atoms with van der Waals surface area (Å²) < 4.78 is 5.33. The number of methoxy groups -OCH3 is 1. The largest absolute Gasteiger partial charge is 0.386 e. The zero-order chi connectivity index (χ0) is 12.1. The molecule has 0 heterocycles. The van der Waals surface area contributed by atoms with Gasteiger partial charge in [0.15, 0.2) is 0 Å². The minimum Gasteiger partial charge on any atom is -0.386 e. The van der Waals surface area contributed by atoms with Gasteiger partial charge in [0.05, 0.1) is 6.10 Å². The SMILES string of the molecule is CCCC(OC)C(O)c1ccc(C)c(C)c1. The first-order valence-corrected chi connectivity index (χ1v) is 5.88. The Hall–Kier alpha value is -0.860. The quantitative estimate of drug-likeness (QED) is 0.829. The predicted octanol–water partition coefficient (Wildman–Crippen LogP) is 3.15. The van der Waals surface area contributed by atoms with Crippen molar-refractivity contribution < 1.29 is 9.84 Å². The van der Waals surface area contributed by atoms with Crippen LogP contribution in [0.15, 0.2) is 18.2 Å². The number of rotatable bonds is 5. The Morgan fingerprint density at radius 2 is 1.94 bits per heavy atom. The second kappa shape index (κ2) is 6.02. The molecule has 0 fully saturated rings. The summed E-state index contributed by atoms with van der Waals surface area (Å²) in [5, 5.41) is 10.2. The normalized spacial score (nSPS) is 14.8. The molecular formula is C14H22O2. The summed E-state index contributed by atoms with van der Waals surface area (Å²) in [5.41, 5.74) is 3.41. The molecule has 2 nitrogen and oxygen atoms in total. The van der Waals surface area contributed by atoms with E-state index >= 15 is 0 Å². The van der Waals surface area contributed by atoms with E-state index in [1.165, 1.54) is 11.1 Å². The van der Waals surface area contributed by atoms with Crippen LogP contribution in [0, 0.1) is 13.8 Å². The second-order valence-corrected chi connectivity index (χ2v) is 4.35. The van der Waals surface area contributed by atoms with Crippen LogP contribution in [-0.4, -0.2) is 18.3 Å². The lowest BCUT2D eigenvalue weighted by molar-refractivity contribution is -0.0180. The first-order valence-electron chi connectivity index (χ1n) is 5.88. The molecule has 90 valence electrons. The third-order valence-electron chi connectivity index (χ3n) is 3.10. The summed E-state index contributed by atoms with van der Waals surface area (Å²) in [5.74, 6) is 0. The van der Waals surface area contributed by atoms with Crippen LogP contribution in [0.25, 0.3) is 0 Å². The van der Waals surface area contributed by atoms with Crippen LogP contribution in [0.5, 0.6) is 0 Å². The summed E-state index contributed by atoms with van der Waals surface area (Å²) in [6.45, 7) is 6.23. The van der Waals surface area contributed by atoms with E-state index in [1.807, 2.05) is 18.2 Å². The Kier molecular flexibility index (Phi) is 4.97. The van der Waals surface area contributed by atoms with E-state index in [-0.39, 0.29) is 6.10 Å². The maximum atomic E-state index is 10.2. The van der Waals surface area contributed by atoms with Crippen LogP contribution in [0.4, 0.5) is 0 Å². The number of aliphatic hydroxyl groups excluding tert-OH is 1. The lowest BCUT2D eigenvalue weighted by Crippen LogP contribution is -2.20. The van der Waals surface area contributed by atoms with Crippen LogP contribution >= 0.6 is 0 Å². The molecule has 1 rings (SSSR count). The fraction of sp³-hybridized carbons (Fsp3) is 0.571. The molecule has 0 aliphatic carbocycles. The maximum Gasteiger partial charge on any atom is 0.105 e. The molecule has 2 unspecified atom stereocenters. The highest BCUT2D eigenvalue weighted by atomic mass is 16.5. The van der Waals surface area contributed by atoms with Gasteiger partial charge in [-0.1, -0.05) is 31.5 Å². The summed E-state index contributed by atoms with van der Waals surface area (Å²) in [6, 6.07) is 6.07. The topological polar surface area (TPSA) is 29.5 Å². The minimum atomic E-state index is -0.524. The van der Waals surface area contributed by atoms with Crippen LogP contribution in [0.1, 0.15) is 42.6 Å². The molecule has 2 atom stereocenters. The fourth-order valence-corrected chi connectivity index (χ4v) is 1.85. The number of benzene rings is 1. The Balaban J connectivity index is 2.85. The van der Waals surface area contributed by atoms with Crippen molar-refractivity contribution in [1.29, 1.82) is 0 Å². The van der Waals surface area contributed by atoms with Crippen LogP contribution < -0.4 is 0 Å². The standard InChI is InChI=1S/C14H22O2/c1-5-6-13(16-4)14(15)12-8-7-10(2)11(3)9-12/h7-9,13-15H,5-6H2,1-4H3. The van der Waals surface area contributed by atoms with Crippen molar-refractivity contribution in [2.24, 2.45) is 0 Å². The molecule has 0 aromatic heterocycles. The highest BCUT2D eigenvalue weighted by molar-refractivity contribution is 5.31. The van der Waals surface area contributed by atoms with Gasteiger partial charge in [-0.2, -0.15) is 0 Å². The van der Waals surface area contributed by atoms with Gasteiger partial charge >= 0.3 is 0 Å². The highest BCUT2D eigenvalue weighted by Crippen LogP contribution is 2.23. The van der Waals surface area contributed by atoms with E-state index in [9.17, 15) is 5.11 Å². The van der Waals surface area contributed by atoms with Crippen molar-refractivity contribution >= 4 is 0 Å². The van der Waals surface area contributed by atoms with Crippen LogP contribution in [0.3, 0.4) is 0 Å². The lowest BCUT2D eigenvalue weighted by Gasteiger charge is -2.22. The van der Waals surface area contributed by atoms with E-state index in [0.29, 0.717) is 0 Å². The van der Waals surface area contributed by atoms with Crippen molar-refractivity contribution in [3.63, 3.8) is 0 Å². The van der Waals surface area contributed by atoms with E-state index in [0.717, 1.165) is 18.4 Å². The first-order chi connectivity index (χ1) is 7.60. The van der Waals surface area contributed by atoms with Crippen molar-refractivity contribution in [3.05, 3.63) is 34.9 Å². The third-order valence-corrected chi connectivity index (χ3v) is 3.10. The molecule has 0 amide bonds. The minimum absolute atomic E-state index is 0.105. The summed E-state index contributed by atoms with van der Waals surface area (Å²) in [6.07, 6.45) is 1.27. The third kappa shape index (κ3) is 3.06. The second-order valence-electron chi connectivity index (χ2n) is 4.35. The lowest BCUT2D eigenvalue weighted by atomic mass is 9.97. The number of hydrogen-bond donors (Lipinski definition) is 1. The maximum absolute atomic E-state index is 10.2. The summed E-state index contributed by atoms with van der Waals surface area (Å²) in [7, 11) is 1.66. The van der Waals surface area contributed by atoms with E-state index in [2.05, 4.69) is 20.8 Å². The van der Waals surface area contributed by atoms with Crippen molar-refractivity contribution in [1.82, 2.24) is 0 Å². The van der Waals surface area contributed by atoms with Gasteiger partial charge in [-0.3, -0.25) is 0 Å². The van der Waals surface area contributed by atoms with E-state index in [4.69, 9.17) is 4.74 Å². The molecule has 0 bridgehead atoms. The predicted molar refractivity (Wildman–Crippen MR) is 66.6 cm³/mol. The molecule has 1 aromatic rings. The van der Waals surface area contributed by atoms with Crippen LogP contribution in [-0.2, 0) is 4.74 Å². The van der Waals surface area contributed by atoms with Crippen molar-refractivity contribution in [3.8, 4) is 0 Å². The average molecular weight is 222 g/mol. The van der Waals surface area contributed by atoms with Gasteiger partial charge in [0.2, 0.25) is 0 Å². The van der Waals surface area contributed by atoms with Crippen molar-refractivity contribution in [2.45, 2.75) is 45.8 Å². The Morgan fingerprint density at radius 1 is 1.25 bits per heavy atom. The highest BCUT2D eigenvalue weighted by Gasteiger charge is 2.19. The average Bonchev–Trinajstić information content (AvgIpc) is 2.28. The van der Waals surface area contributed by atoms with Crippen LogP contribution in [0.2, 0.25) is 0 Å². The zero-order valence-corrected chi connectivity index (χ0v) is 10.7. The molecule has 1 N–H and O–H groups in total. The molecule has 0 saturated heterocycles. The molecule has 2 heteroatoms. The number of hydrogen-bond acceptors (Lipinski definition) is 2. The molecule has 0 aliphatic rings. The monoisotopic (exact) mass is 222 g/mol. The number of aliphatic hydroxyl groups is 1. The van der Waals surface area contributed by atoms with Gasteiger partial charge in [-0.15, -0.1) is 0 Å². The smallest absolute Gasteiger partial charge is 0.105 e. The molecule has 16 heavy (non-hydrogen) atoms. The Bertz CT molecular complexity index is 334. The zero-order valence-electron chi connectivity index (χ0n) is 10.7. The fourth-order valence-electron chi connectivity index (χ4n) is 1.85. The first kappa shape index (κ1) is 13.2.